The van der Waals surface area contributed by atoms with Gasteiger partial charge in [-0.25, -0.2) is 0 Å². The predicted molar refractivity (Wildman–Crippen MR) is 69.8 cm³/mol. The highest BCUT2D eigenvalue weighted by Gasteiger charge is 2.42. The zero-order chi connectivity index (χ0) is 11.7. The lowest BCUT2D eigenvalue weighted by atomic mass is 9.89. The SMILES string of the molecule is OC[C@@H]1CC[C@@H]2CN(CC3CCCCC3)C[C@H]12. The third-order valence-corrected chi connectivity index (χ3v) is 5.56. The van der Waals surface area contributed by atoms with Crippen LogP contribution in [0.5, 0.6) is 0 Å². The first-order valence-electron chi connectivity index (χ1n) is 7.70. The van der Waals surface area contributed by atoms with Gasteiger partial charge in [-0.3, -0.25) is 0 Å². The number of aliphatic hydroxyl groups is 1. The first-order valence-corrected chi connectivity index (χ1v) is 7.70. The fraction of sp³-hybridized carbons (Fsp3) is 1.00. The second kappa shape index (κ2) is 5.27. The zero-order valence-corrected chi connectivity index (χ0v) is 11.0. The zero-order valence-electron chi connectivity index (χ0n) is 11.0. The number of rotatable bonds is 3. The Bertz CT molecular complexity index is 247. The highest BCUT2D eigenvalue weighted by Crippen LogP contribution is 2.42. The Kier molecular flexibility index (Phi) is 3.72. The molecule has 3 fully saturated rings. The summed E-state index contributed by atoms with van der Waals surface area (Å²) in [6, 6.07) is 0. The summed E-state index contributed by atoms with van der Waals surface area (Å²) in [5.41, 5.74) is 0. The average Bonchev–Trinajstić information content (AvgIpc) is 2.89. The lowest BCUT2D eigenvalue weighted by molar-refractivity contribution is 0.174. The summed E-state index contributed by atoms with van der Waals surface area (Å²) < 4.78 is 0. The van der Waals surface area contributed by atoms with E-state index in [0.717, 1.165) is 17.8 Å². The van der Waals surface area contributed by atoms with Crippen molar-refractivity contribution in [1.82, 2.24) is 4.90 Å². The lowest BCUT2D eigenvalue weighted by Gasteiger charge is -2.27. The fourth-order valence-electron chi connectivity index (χ4n) is 4.58. The first kappa shape index (κ1) is 12.0. The number of hydrogen-bond acceptors (Lipinski definition) is 2. The Hall–Kier alpha value is -0.0800. The summed E-state index contributed by atoms with van der Waals surface area (Å²) in [4.78, 5) is 2.72. The standard InChI is InChI=1S/C15H27NO/c17-11-14-7-6-13-9-16(10-15(13)14)8-12-4-2-1-3-5-12/h12-15,17H,1-11H2/t13-,14+,15+/m1/s1. The van der Waals surface area contributed by atoms with Crippen LogP contribution in [0.3, 0.4) is 0 Å². The van der Waals surface area contributed by atoms with Gasteiger partial charge >= 0.3 is 0 Å². The molecular formula is C15H27NO. The van der Waals surface area contributed by atoms with Gasteiger partial charge in [0.1, 0.15) is 0 Å². The van der Waals surface area contributed by atoms with Crippen LogP contribution in [0.4, 0.5) is 0 Å². The van der Waals surface area contributed by atoms with E-state index in [1.165, 1.54) is 64.6 Å². The van der Waals surface area contributed by atoms with Crippen molar-refractivity contribution in [1.29, 1.82) is 0 Å². The number of likely N-dealkylation sites (tertiary alicyclic amines) is 1. The van der Waals surface area contributed by atoms with Crippen LogP contribution in [0.25, 0.3) is 0 Å². The van der Waals surface area contributed by atoms with Crippen LogP contribution in [-0.2, 0) is 0 Å². The molecule has 1 aliphatic heterocycles. The molecule has 2 saturated carbocycles. The highest BCUT2D eigenvalue weighted by molar-refractivity contribution is 4.93. The molecule has 0 amide bonds. The minimum atomic E-state index is 0.429. The van der Waals surface area contributed by atoms with Crippen molar-refractivity contribution in [3.05, 3.63) is 0 Å². The molecule has 17 heavy (non-hydrogen) atoms. The van der Waals surface area contributed by atoms with Crippen LogP contribution < -0.4 is 0 Å². The van der Waals surface area contributed by atoms with E-state index < -0.39 is 0 Å². The van der Waals surface area contributed by atoms with Crippen LogP contribution >= 0.6 is 0 Å². The normalized spacial score (nSPS) is 39.7. The van der Waals surface area contributed by atoms with E-state index in [4.69, 9.17) is 0 Å². The Balaban J connectivity index is 1.50. The van der Waals surface area contributed by atoms with Gasteiger partial charge in [0.05, 0.1) is 0 Å². The van der Waals surface area contributed by atoms with E-state index in [2.05, 4.69) is 4.90 Å². The van der Waals surface area contributed by atoms with Gasteiger partial charge in [0.25, 0.3) is 0 Å². The molecular weight excluding hydrogens is 210 g/mol. The Labute approximate surface area is 105 Å². The topological polar surface area (TPSA) is 23.5 Å². The van der Waals surface area contributed by atoms with Crippen LogP contribution in [0, 0.1) is 23.7 Å². The number of hydrogen-bond donors (Lipinski definition) is 1. The van der Waals surface area contributed by atoms with Crippen molar-refractivity contribution < 1.29 is 5.11 Å². The molecule has 3 aliphatic rings. The molecule has 0 bridgehead atoms. The minimum absolute atomic E-state index is 0.429. The van der Waals surface area contributed by atoms with E-state index in [1.807, 2.05) is 0 Å². The summed E-state index contributed by atoms with van der Waals surface area (Å²) in [7, 11) is 0. The van der Waals surface area contributed by atoms with Crippen molar-refractivity contribution in [2.45, 2.75) is 44.9 Å². The van der Waals surface area contributed by atoms with Gasteiger partial charge in [-0.15, -0.1) is 0 Å². The Morgan fingerprint density at radius 2 is 1.76 bits per heavy atom. The van der Waals surface area contributed by atoms with E-state index in [1.54, 1.807) is 0 Å². The van der Waals surface area contributed by atoms with Crippen molar-refractivity contribution in [2.75, 3.05) is 26.2 Å². The monoisotopic (exact) mass is 237 g/mol. The Morgan fingerprint density at radius 1 is 0.941 bits per heavy atom. The molecule has 2 heteroatoms. The van der Waals surface area contributed by atoms with E-state index in [0.29, 0.717) is 12.5 Å². The molecule has 0 aromatic carbocycles. The van der Waals surface area contributed by atoms with Gasteiger partial charge in [-0.05, 0) is 49.4 Å². The first-order chi connectivity index (χ1) is 8.36. The third-order valence-electron chi connectivity index (χ3n) is 5.56. The molecule has 98 valence electrons. The smallest absolute Gasteiger partial charge is 0.0462 e. The van der Waals surface area contributed by atoms with Crippen LogP contribution in [0.2, 0.25) is 0 Å². The van der Waals surface area contributed by atoms with Crippen molar-refractivity contribution in [3.63, 3.8) is 0 Å². The summed E-state index contributed by atoms with van der Waals surface area (Å²) in [6.07, 6.45) is 9.98. The molecule has 0 unspecified atom stereocenters. The van der Waals surface area contributed by atoms with Gasteiger partial charge in [-0.2, -0.15) is 0 Å². The number of nitrogens with zero attached hydrogens (tertiary/aromatic N) is 1. The quantitative estimate of drug-likeness (QED) is 0.815. The Morgan fingerprint density at radius 3 is 2.53 bits per heavy atom. The summed E-state index contributed by atoms with van der Waals surface area (Å²) in [5, 5.41) is 9.40. The lowest BCUT2D eigenvalue weighted by Crippen LogP contribution is -2.30. The largest absolute Gasteiger partial charge is 0.396 e. The van der Waals surface area contributed by atoms with Crippen LogP contribution in [-0.4, -0.2) is 36.2 Å². The fourth-order valence-corrected chi connectivity index (χ4v) is 4.58. The maximum Gasteiger partial charge on any atom is 0.0462 e. The van der Waals surface area contributed by atoms with Gasteiger partial charge < -0.3 is 10.0 Å². The molecule has 2 nitrogen and oxygen atoms in total. The molecule has 0 aromatic heterocycles. The maximum absolute atomic E-state index is 9.40. The van der Waals surface area contributed by atoms with Crippen molar-refractivity contribution >= 4 is 0 Å². The molecule has 0 spiro atoms. The highest BCUT2D eigenvalue weighted by atomic mass is 16.3. The second-order valence-electron chi connectivity index (χ2n) is 6.67. The predicted octanol–water partition coefficient (Wildman–Crippen LogP) is 2.52. The van der Waals surface area contributed by atoms with Crippen LogP contribution in [0.1, 0.15) is 44.9 Å². The van der Waals surface area contributed by atoms with E-state index in [9.17, 15) is 5.11 Å². The molecule has 3 atom stereocenters. The summed E-state index contributed by atoms with van der Waals surface area (Å²) in [6.45, 7) is 4.40. The molecule has 2 aliphatic carbocycles. The maximum atomic E-state index is 9.40. The molecule has 1 N–H and O–H groups in total. The third kappa shape index (κ3) is 2.53. The van der Waals surface area contributed by atoms with E-state index >= 15 is 0 Å². The number of aliphatic hydroxyl groups excluding tert-OH is 1. The second-order valence-corrected chi connectivity index (χ2v) is 6.67. The van der Waals surface area contributed by atoms with Gasteiger partial charge in [0.15, 0.2) is 0 Å². The minimum Gasteiger partial charge on any atom is -0.396 e. The van der Waals surface area contributed by atoms with Crippen molar-refractivity contribution in [3.8, 4) is 0 Å². The molecule has 0 radical (unpaired) electrons. The van der Waals surface area contributed by atoms with Crippen molar-refractivity contribution in [2.24, 2.45) is 23.7 Å². The molecule has 1 heterocycles. The molecule has 3 rings (SSSR count). The van der Waals surface area contributed by atoms with Gasteiger partial charge in [0, 0.05) is 26.2 Å². The van der Waals surface area contributed by atoms with Crippen LogP contribution in [0.15, 0.2) is 0 Å². The summed E-state index contributed by atoms with van der Waals surface area (Å²) >= 11 is 0. The molecule has 1 saturated heterocycles. The number of fused-ring (bicyclic) bond motifs is 1. The molecule has 0 aromatic rings. The van der Waals surface area contributed by atoms with Gasteiger partial charge in [-0.1, -0.05) is 19.3 Å². The van der Waals surface area contributed by atoms with Gasteiger partial charge in [0.2, 0.25) is 0 Å². The van der Waals surface area contributed by atoms with E-state index in [-0.39, 0.29) is 0 Å². The summed E-state index contributed by atoms with van der Waals surface area (Å²) in [5.74, 6) is 3.34. The average molecular weight is 237 g/mol.